The van der Waals surface area contributed by atoms with Gasteiger partial charge in [-0.2, -0.15) is 5.10 Å². The molecule has 2 amide bonds. The molecule has 2 aromatic carbocycles. The van der Waals surface area contributed by atoms with Gasteiger partial charge in [0.1, 0.15) is 11.6 Å². The fraction of sp³-hybridized carbons (Fsp3) is 0.346. The van der Waals surface area contributed by atoms with E-state index in [0.29, 0.717) is 32.4 Å². The maximum absolute atomic E-state index is 13.5. The number of aryl methyl sites for hydroxylation is 1. The van der Waals surface area contributed by atoms with Crippen LogP contribution >= 0.6 is 0 Å². The molecular formula is C26H29FN4O3. The van der Waals surface area contributed by atoms with E-state index in [-0.39, 0.29) is 17.6 Å². The minimum Gasteiger partial charge on any atom is -0.497 e. The monoisotopic (exact) mass is 464 g/mol. The lowest BCUT2D eigenvalue weighted by atomic mass is 10.1. The molecule has 0 bridgehead atoms. The van der Waals surface area contributed by atoms with Crippen molar-refractivity contribution in [3.63, 3.8) is 0 Å². The van der Waals surface area contributed by atoms with Gasteiger partial charge in [0.15, 0.2) is 0 Å². The number of hydrogen-bond donors (Lipinski definition) is 1. The maximum Gasteiger partial charge on any atom is 0.222 e. The van der Waals surface area contributed by atoms with Crippen LogP contribution in [0.3, 0.4) is 0 Å². The number of likely N-dealkylation sites (tertiary alicyclic amines) is 1. The molecule has 1 saturated heterocycles. The van der Waals surface area contributed by atoms with E-state index in [9.17, 15) is 14.0 Å². The number of halogens is 1. The Hall–Kier alpha value is -3.68. The van der Waals surface area contributed by atoms with Gasteiger partial charge >= 0.3 is 0 Å². The molecule has 0 atom stereocenters. The van der Waals surface area contributed by atoms with Crippen molar-refractivity contribution in [2.75, 3.05) is 26.7 Å². The standard InChI is InChI=1S/C26H29FN4O3/c1-34-23-6-2-5-19(17-23)24-18-21(29-31(24)22-11-8-20(27)9-12-22)10-13-25(32)28-14-4-16-30-15-3-7-26(30)33/h2,5-6,8-9,11-12,17-18H,3-4,7,10,13-16H2,1H3,(H,28,32). The first-order chi connectivity index (χ1) is 16.5. The van der Waals surface area contributed by atoms with Crippen molar-refractivity contribution in [2.45, 2.75) is 32.1 Å². The Kier molecular flexibility index (Phi) is 7.57. The third-order valence-electron chi connectivity index (χ3n) is 5.90. The highest BCUT2D eigenvalue weighted by Crippen LogP contribution is 2.27. The van der Waals surface area contributed by atoms with Crippen molar-refractivity contribution < 1.29 is 18.7 Å². The number of aromatic nitrogens is 2. The smallest absolute Gasteiger partial charge is 0.222 e. The minimum absolute atomic E-state index is 0.0491. The molecule has 1 N–H and O–H groups in total. The molecule has 4 rings (SSSR count). The van der Waals surface area contributed by atoms with Crippen LogP contribution in [0.15, 0.2) is 54.6 Å². The highest BCUT2D eigenvalue weighted by Gasteiger charge is 2.19. The Morgan fingerprint density at radius 1 is 1.18 bits per heavy atom. The van der Waals surface area contributed by atoms with Gasteiger partial charge in [-0.15, -0.1) is 0 Å². The van der Waals surface area contributed by atoms with Crippen molar-refractivity contribution in [3.05, 3.63) is 66.1 Å². The van der Waals surface area contributed by atoms with E-state index in [1.165, 1.54) is 12.1 Å². The molecule has 1 aliphatic heterocycles. The Labute approximate surface area is 198 Å². The second kappa shape index (κ2) is 11.0. The Morgan fingerprint density at radius 2 is 2.00 bits per heavy atom. The van der Waals surface area contributed by atoms with Crippen LogP contribution in [0.5, 0.6) is 5.75 Å². The molecule has 0 radical (unpaired) electrons. The number of hydrogen-bond acceptors (Lipinski definition) is 4. The number of rotatable bonds is 10. The quantitative estimate of drug-likeness (QED) is 0.464. The minimum atomic E-state index is -0.315. The summed E-state index contributed by atoms with van der Waals surface area (Å²) in [4.78, 5) is 25.9. The van der Waals surface area contributed by atoms with Crippen molar-refractivity contribution >= 4 is 11.8 Å². The summed E-state index contributed by atoms with van der Waals surface area (Å²) in [6.07, 6.45) is 3.08. The Bertz CT molecular complexity index is 1140. The molecular weight excluding hydrogens is 435 g/mol. The Morgan fingerprint density at radius 3 is 2.74 bits per heavy atom. The largest absolute Gasteiger partial charge is 0.497 e. The number of carbonyl (C=O) groups excluding carboxylic acids is 2. The molecule has 1 aliphatic rings. The van der Waals surface area contributed by atoms with E-state index in [0.717, 1.165) is 47.8 Å². The predicted molar refractivity (Wildman–Crippen MR) is 127 cm³/mol. The third-order valence-corrected chi connectivity index (χ3v) is 5.90. The zero-order chi connectivity index (χ0) is 23.9. The van der Waals surface area contributed by atoms with Crippen LogP contribution in [0.1, 0.15) is 31.4 Å². The van der Waals surface area contributed by atoms with E-state index >= 15 is 0 Å². The first-order valence-electron chi connectivity index (χ1n) is 11.6. The molecule has 2 heterocycles. The summed E-state index contributed by atoms with van der Waals surface area (Å²) < 4.78 is 20.6. The SMILES string of the molecule is COc1cccc(-c2cc(CCC(=O)NCCCN3CCCC3=O)nn2-c2ccc(F)cc2)c1. The highest BCUT2D eigenvalue weighted by molar-refractivity contribution is 5.78. The second-order valence-corrected chi connectivity index (χ2v) is 8.33. The summed E-state index contributed by atoms with van der Waals surface area (Å²) in [6.45, 7) is 2.05. The summed E-state index contributed by atoms with van der Waals surface area (Å²) in [5.74, 6) is 0.563. The molecule has 1 aromatic heterocycles. The maximum atomic E-state index is 13.5. The van der Waals surface area contributed by atoms with Crippen LogP contribution in [0.4, 0.5) is 4.39 Å². The first-order valence-corrected chi connectivity index (χ1v) is 11.6. The average Bonchev–Trinajstić information content (AvgIpc) is 3.47. The van der Waals surface area contributed by atoms with Gasteiger partial charge in [0.05, 0.1) is 24.2 Å². The fourth-order valence-electron chi connectivity index (χ4n) is 4.09. The average molecular weight is 465 g/mol. The van der Waals surface area contributed by atoms with Crippen LogP contribution in [0.2, 0.25) is 0 Å². The molecule has 1 fully saturated rings. The summed E-state index contributed by atoms with van der Waals surface area (Å²) in [5, 5.41) is 7.63. The fourth-order valence-corrected chi connectivity index (χ4v) is 4.09. The molecule has 8 heteroatoms. The van der Waals surface area contributed by atoms with E-state index in [1.807, 2.05) is 35.2 Å². The molecule has 178 valence electrons. The van der Waals surface area contributed by atoms with E-state index < -0.39 is 0 Å². The normalized spacial score (nSPS) is 13.4. The van der Waals surface area contributed by atoms with Gasteiger partial charge in [-0.3, -0.25) is 9.59 Å². The van der Waals surface area contributed by atoms with E-state index in [1.54, 1.807) is 23.9 Å². The number of methoxy groups -OCH3 is 1. The summed E-state index contributed by atoms with van der Waals surface area (Å²) in [6, 6.07) is 15.7. The molecule has 0 unspecified atom stereocenters. The summed E-state index contributed by atoms with van der Waals surface area (Å²) >= 11 is 0. The lowest BCUT2D eigenvalue weighted by molar-refractivity contribution is -0.127. The molecule has 0 spiro atoms. The molecule has 3 aromatic rings. The van der Waals surface area contributed by atoms with Crippen molar-refractivity contribution in [1.82, 2.24) is 20.0 Å². The van der Waals surface area contributed by atoms with Crippen molar-refractivity contribution in [3.8, 4) is 22.7 Å². The lowest BCUT2D eigenvalue weighted by Crippen LogP contribution is -2.30. The van der Waals surface area contributed by atoms with Gasteiger partial charge in [-0.1, -0.05) is 12.1 Å². The van der Waals surface area contributed by atoms with Gasteiger partial charge in [0.25, 0.3) is 0 Å². The molecule has 34 heavy (non-hydrogen) atoms. The van der Waals surface area contributed by atoms with Crippen LogP contribution in [0, 0.1) is 5.82 Å². The van der Waals surface area contributed by atoms with Gasteiger partial charge < -0.3 is 15.0 Å². The zero-order valence-electron chi connectivity index (χ0n) is 19.3. The van der Waals surface area contributed by atoms with Gasteiger partial charge in [-0.05, 0) is 55.3 Å². The third kappa shape index (κ3) is 5.81. The predicted octanol–water partition coefficient (Wildman–Crippen LogP) is 3.75. The number of benzene rings is 2. The zero-order valence-corrected chi connectivity index (χ0v) is 19.3. The molecule has 0 saturated carbocycles. The molecule has 0 aliphatic carbocycles. The Balaban J connectivity index is 1.41. The van der Waals surface area contributed by atoms with Crippen LogP contribution in [-0.2, 0) is 16.0 Å². The van der Waals surface area contributed by atoms with E-state index in [2.05, 4.69) is 5.32 Å². The van der Waals surface area contributed by atoms with Crippen molar-refractivity contribution in [2.24, 2.45) is 0 Å². The number of amides is 2. The number of nitrogens with zero attached hydrogens (tertiary/aromatic N) is 3. The van der Waals surface area contributed by atoms with Crippen molar-refractivity contribution in [1.29, 1.82) is 0 Å². The highest BCUT2D eigenvalue weighted by atomic mass is 19.1. The number of ether oxygens (including phenoxy) is 1. The van der Waals surface area contributed by atoms with E-state index in [4.69, 9.17) is 9.84 Å². The van der Waals surface area contributed by atoms with Gasteiger partial charge in [-0.25, -0.2) is 9.07 Å². The van der Waals surface area contributed by atoms with Gasteiger partial charge in [0.2, 0.25) is 11.8 Å². The second-order valence-electron chi connectivity index (χ2n) is 8.33. The molecule has 7 nitrogen and oxygen atoms in total. The first kappa shape index (κ1) is 23.5. The van der Waals surface area contributed by atoms with Crippen LogP contribution < -0.4 is 10.1 Å². The summed E-state index contributed by atoms with van der Waals surface area (Å²) in [7, 11) is 1.61. The topological polar surface area (TPSA) is 76.5 Å². The van der Waals surface area contributed by atoms with Crippen LogP contribution in [-0.4, -0.2) is 53.2 Å². The summed E-state index contributed by atoms with van der Waals surface area (Å²) in [5.41, 5.74) is 3.23. The van der Waals surface area contributed by atoms with Gasteiger partial charge in [0, 0.05) is 44.5 Å². The van der Waals surface area contributed by atoms with Crippen LogP contribution in [0.25, 0.3) is 16.9 Å². The number of nitrogens with one attached hydrogen (secondary N) is 1. The number of carbonyl (C=O) groups is 2. The lowest BCUT2D eigenvalue weighted by Gasteiger charge is -2.15.